The molecule has 0 saturated heterocycles. The summed E-state index contributed by atoms with van der Waals surface area (Å²) < 4.78 is 5.35. The Morgan fingerprint density at radius 1 is 1.10 bits per heavy atom. The zero-order valence-corrected chi connectivity index (χ0v) is 12.3. The molecule has 3 nitrogen and oxygen atoms in total. The van der Waals surface area contributed by atoms with Gasteiger partial charge in [-0.05, 0) is 31.0 Å². The number of rotatable bonds is 5. The van der Waals surface area contributed by atoms with E-state index in [9.17, 15) is 9.90 Å². The van der Waals surface area contributed by atoms with Crippen LogP contribution in [0.4, 0.5) is 0 Å². The van der Waals surface area contributed by atoms with Gasteiger partial charge in [0.05, 0.1) is 5.92 Å². The van der Waals surface area contributed by atoms with E-state index < -0.39 is 17.5 Å². The van der Waals surface area contributed by atoms with Crippen molar-refractivity contribution in [2.75, 3.05) is 0 Å². The van der Waals surface area contributed by atoms with Gasteiger partial charge in [0, 0.05) is 0 Å². The highest BCUT2D eigenvalue weighted by atomic mass is 16.5. The van der Waals surface area contributed by atoms with Gasteiger partial charge in [0.25, 0.3) is 0 Å². The lowest BCUT2D eigenvalue weighted by molar-refractivity contribution is -0.149. The van der Waals surface area contributed by atoms with Crippen LogP contribution in [0.5, 0.6) is 5.75 Å². The average molecular weight is 284 g/mol. The third kappa shape index (κ3) is 3.31. The summed E-state index contributed by atoms with van der Waals surface area (Å²) in [6.45, 7) is 3.56. The molecule has 0 fully saturated rings. The van der Waals surface area contributed by atoms with Gasteiger partial charge in [-0.2, -0.15) is 0 Å². The number of carbonyl (C=O) groups is 1. The van der Waals surface area contributed by atoms with Crippen molar-refractivity contribution in [3.63, 3.8) is 0 Å². The van der Waals surface area contributed by atoms with Gasteiger partial charge in [-0.3, -0.25) is 4.79 Å². The lowest BCUT2D eigenvalue weighted by Gasteiger charge is -2.32. The van der Waals surface area contributed by atoms with E-state index in [1.165, 1.54) is 0 Å². The fraction of sp³-hybridized carbons (Fsp3) is 0.278. The van der Waals surface area contributed by atoms with E-state index in [1.54, 1.807) is 31.2 Å². The molecule has 0 unspecified atom stereocenters. The Hall–Kier alpha value is -2.13. The third-order valence-corrected chi connectivity index (χ3v) is 3.84. The standard InChI is InChI=1S/C18H20O3/c1-3-18(20,15-10-6-4-7-11-15)14(2)17(19)21-16-12-8-5-9-13-16/h4-14,20H,3H2,1-2H3/t14-,18-/m0/s1. The van der Waals surface area contributed by atoms with E-state index in [2.05, 4.69) is 0 Å². The van der Waals surface area contributed by atoms with Crippen LogP contribution in [0.25, 0.3) is 0 Å². The largest absolute Gasteiger partial charge is 0.426 e. The Morgan fingerprint density at radius 2 is 1.62 bits per heavy atom. The van der Waals surface area contributed by atoms with Gasteiger partial charge < -0.3 is 9.84 Å². The van der Waals surface area contributed by atoms with Crippen LogP contribution in [-0.4, -0.2) is 11.1 Å². The van der Waals surface area contributed by atoms with Crippen molar-refractivity contribution in [3.05, 3.63) is 66.2 Å². The highest BCUT2D eigenvalue weighted by molar-refractivity contribution is 5.76. The Morgan fingerprint density at radius 3 is 2.14 bits per heavy atom. The van der Waals surface area contributed by atoms with Crippen molar-refractivity contribution in [1.29, 1.82) is 0 Å². The molecule has 21 heavy (non-hydrogen) atoms. The molecular formula is C18H20O3. The lowest BCUT2D eigenvalue weighted by atomic mass is 9.80. The summed E-state index contributed by atoms with van der Waals surface area (Å²) in [7, 11) is 0. The van der Waals surface area contributed by atoms with Crippen LogP contribution in [0.1, 0.15) is 25.8 Å². The summed E-state index contributed by atoms with van der Waals surface area (Å²) in [4.78, 5) is 12.3. The number of aliphatic hydroxyl groups is 1. The topological polar surface area (TPSA) is 46.5 Å². The normalized spacial score (nSPS) is 15.0. The van der Waals surface area contributed by atoms with E-state index in [0.29, 0.717) is 12.2 Å². The van der Waals surface area contributed by atoms with Crippen molar-refractivity contribution in [3.8, 4) is 5.75 Å². The van der Waals surface area contributed by atoms with Crippen molar-refractivity contribution in [1.82, 2.24) is 0 Å². The molecule has 110 valence electrons. The first-order valence-corrected chi connectivity index (χ1v) is 7.12. The lowest BCUT2D eigenvalue weighted by Crippen LogP contribution is -2.39. The fourth-order valence-electron chi connectivity index (χ4n) is 2.38. The van der Waals surface area contributed by atoms with Gasteiger partial charge in [0.2, 0.25) is 0 Å². The highest BCUT2D eigenvalue weighted by Crippen LogP contribution is 2.34. The monoisotopic (exact) mass is 284 g/mol. The first-order chi connectivity index (χ1) is 10.1. The third-order valence-electron chi connectivity index (χ3n) is 3.84. The van der Waals surface area contributed by atoms with Gasteiger partial charge in [-0.15, -0.1) is 0 Å². The number of esters is 1. The fourth-order valence-corrected chi connectivity index (χ4v) is 2.38. The Labute approximate surface area is 125 Å². The molecule has 3 heteroatoms. The predicted octanol–water partition coefficient (Wildman–Crippen LogP) is 3.53. The first kappa shape index (κ1) is 15.3. The van der Waals surface area contributed by atoms with Crippen LogP contribution in [-0.2, 0) is 10.4 Å². The maximum Gasteiger partial charge on any atom is 0.317 e. The van der Waals surface area contributed by atoms with E-state index in [0.717, 1.165) is 5.56 Å². The van der Waals surface area contributed by atoms with Gasteiger partial charge in [0.15, 0.2) is 0 Å². The average Bonchev–Trinajstić information content (AvgIpc) is 2.55. The van der Waals surface area contributed by atoms with Crippen LogP contribution in [0.3, 0.4) is 0 Å². The SMILES string of the molecule is CC[C@@](O)(c1ccccc1)[C@@H](C)C(=O)Oc1ccccc1. The molecule has 0 amide bonds. The number of hydrogen-bond donors (Lipinski definition) is 1. The van der Waals surface area contributed by atoms with Crippen molar-refractivity contribution in [2.24, 2.45) is 5.92 Å². The number of hydrogen-bond acceptors (Lipinski definition) is 3. The van der Waals surface area contributed by atoms with E-state index in [-0.39, 0.29) is 0 Å². The van der Waals surface area contributed by atoms with Gasteiger partial charge >= 0.3 is 5.97 Å². The minimum absolute atomic E-state index is 0.433. The minimum Gasteiger partial charge on any atom is -0.426 e. The molecule has 0 aromatic heterocycles. The molecule has 0 saturated carbocycles. The molecule has 0 heterocycles. The second-order valence-corrected chi connectivity index (χ2v) is 5.10. The molecule has 2 rings (SSSR count). The Kier molecular flexibility index (Phi) is 4.76. The first-order valence-electron chi connectivity index (χ1n) is 7.12. The van der Waals surface area contributed by atoms with Crippen molar-refractivity contribution in [2.45, 2.75) is 25.9 Å². The van der Waals surface area contributed by atoms with Gasteiger partial charge in [-0.25, -0.2) is 0 Å². The van der Waals surface area contributed by atoms with E-state index in [4.69, 9.17) is 4.74 Å². The number of ether oxygens (including phenoxy) is 1. The molecule has 0 radical (unpaired) electrons. The van der Waals surface area contributed by atoms with Crippen LogP contribution in [0.2, 0.25) is 0 Å². The summed E-state index contributed by atoms with van der Waals surface area (Å²) in [6.07, 6.45) is 0.433. The molecule has 2 aromatic carbocycles. The zero-order valence-electron chi connectivity index (χ0n) is 12.3. The van der Waals surface area contributed by atoms with Gasteiger partial charge in [0.1, 0.15) is 11.4 Å². The van der Waals surface area contributed by atoms with Crippen LogP contribution < -0.4 is 4.74 Å². The summed E-state index contributed by atoms with van der Waals surface area (Å²) in [5, 5.41) is 10.9. The maximum absolute atomic E-state index is 12.3. The van der Waals surface area contributed by atoms with Crippen molar-refractivity contribution >= 4 is 5.97 Å². The second-order valence-electron chi connectivity index (χ2n) is 5.10. The second kappa shape index (κ2) is 6.55. The van der Waals surface area contributed by atoms with Crippen molar-refractivity contribution < 1.29 is 14.6 Å². The molecule has 0 bridgehead atoms. The smallest absolute Gasteiger partial charge is 0.317 e. The molecular weight excluding hydrogens is 264 g/mol. The highest BCUT2D eigenvalue weighted by Gasteiger charge is 2.39. The summed E-state index contributed by atoms with van der Waals surface area (Å²) in [5.41, 5.74) is -0.502. The Balaban J connectivity index is 2.20. The zero-order chi connectivity index (χ0) is 15.3. The Bertz CT molecular complexity index is 580. The summed E-state index contributed by atoms with van der Waals surface area (Å²) in [5.74, 6) is -0.611. The maximum atomic E-state index is 12.3. The quantitative estimate of drug-likeness (QED) is 0.675. The molecule has 0 aliphatic heterocycles. The minimum atomic E-state index is -1.23. The van der Waals surface area contributed by atoms with Crippen LogP contribution >= 0.6 is 0 Å². The van der Waals surface area contributed by atoms with E-state index in [1.807, 2.05) is 43.3 Å². The molecule has 2 aromatic rings. The van der Waals surface area contributed by atoms with Crippen LogP contribution in [0.15, 0.2) is 60.7 Å². The molecule has 2 atom stereocenters. The molecule has 0 aliphatic rings. The summed E-state index contributed by atoms with van der Waals surface area (Å²) >= 11 is 0. The molecule has 1 N–H and O–H groups in total. The molecule has 0 spiro atoms. The van der Waals surface area contributed by atoms with E-state index >= 15 is 0 Å². The predicted molar refractivity (Wildman–Crippen MR) is 81.9 cm³/mol. The number of benzene rings is 2. The van der Waals surface area contributed by atoms with Crippen LogP contribution in [0, 0.1) is 5.92 Å². The molecule has 0 aliphatic carbocycles. The number of carbonyl (C=O) groups excluding carboxylic acids is 1. The summed E-state index contributed by atoms with van der Waals surface area (Å²) in [6, 6.07) is 18.1. The van der Waals surface area contributed by atoms with Gasteiger partial charge in [-0.1, -0.05) is 55.5 Å². The number of para-hydroxylation sites is 1.